The summed E-state index contributed by atoms with van der Waals surface area (Å²) >= 11 is 0. The molecule has 1 aromatic carbocycles. The van der Waals surface area contributed by atoms with E-state index < -0.39 is 0 Å². The maximum atomic E-state index is 13.1. The molecule has 1 aromatic heterocycles. The second-order valence-electron chi connectivity index (χ2n) is 6.41. The lowest BCUT2D eigenvalue weighted by atomic mass is 10.1. The number of nitrogens with zero attached hydrogens (tertiary/aromatic N) is 3. The average molecular weight is 339 g/mol. The van der Waals surface area contributed by atoms with E-state index >= 15 is 0 Å². The number of anilines is 1. The van der Waals surface area contributed by atoms with E-state index in [4.69, 9.17) is 4.74 Å². The number of aromatic nitrogens is 1. The summed E-state index contributed by atoms with van der Waals surface area (Å²) in [7, 11) is 1.58. The van der Waals surface area contributed by atoms with Gasteiger partial charge < -0.3 is 14.5 Å². The van der Waals surface area contributed by atoms with Gasteiger partial charge in [-0.1, -0.05) is 25.1 Å². The minimum absolute atomic E-state index is 0.0450. The summed E-state index contributed by atoms with van der Waals surface area (Å²) in [6.07, 6.45) is 2.63. The Balaban J connectivity index is 1.80. The van der Waals surface area contributed by atoms with Crippen LogP contribution in [0.4, 0.5) is 5.69 Å². The molecule has 132 valence electrons. The molecule has 0 saturated carbocycles. The van der Waals surface area contributed by atoms with Crippen molar-refractivity contribution in [2.24, 2.45) is 0 Å². The fourth-order valence-corrected chi connectivity index (χ4v) is 3.34. The third kappa shape index (κ3) is 3.60. The van der Waals surface area contributed by atoms with E-state index in [-0.39, 0.29) is 11.9 Å². The first-order valence-corrected chi connectivity index (χ1v) is 8.75. The quantitative estimate of drug-likeness (QED) is 0.858. The standard InChI is InChI=1S/C20H25N3O2/c1-4-16-14-22(17-8-6-5-7-9-17)10-11-23(16)20(24)19-18(25-3)12-15(2)13-21-19/h5-9,12-13,16H,4,10-11,14H2,1-3H3. The van der Waals surface area contributed by atoms with Gasteiger partial charge >= 0.3 is 0 Å². The van der Waals surface area contributed by atoms with Crippen molar-refractivity contribution in [1.82, 2.24) is 9.88 Å². The van der Waals surface area contributed by atoms with Crippen molar-refractivity contribution in [3.8, 4) is 5.75 Å². The third-order valence-electron chi connectivity index (χ3n) is 4.75. The zero-order valence-electron chi connectivity index (χ0n) is 15.1. The van der Waals surface area contributed by atoms with Crippen molar-refractivity contribution in [3.63, 3.8) is 0 Å². The number of para-hydroxylation sites is 1. The highest BCUT2D eigenvalue weighted by Crippen LogP contribution is 2.24. The first kappa shape index (κ1) is 17.3. The van der Waals surface area contributed by atoms with Crippen molar-refractivity contribution in [2.75, 3.05) is 31.6 Å². The third-order valence-corrected chi connectivity index (χ3v) is 4.75. The molecule has 2 heterocycles. The van der Waals surface area contributed by atoms with Crippen LogP contribution in [-0.2, 0) is 0 Å². The SMILES string of the molecule is CCC1CN(c2ccccc2)CCN1C(=O)c1ncc(C)cc1OC. The van der Waals surface area contributed by atoms with Crippen LogP contribution in [0, 0.1) is 6.92 Å². The second-order valence-corrected chi connectivity index (χ2v) is 6.41. The molecule has 0 radical (unpaired) electrons. The van der Waals surface area contributed by atoms with Crippen molar-refractivity contribution in [3.05, 3.63) is 53.9 Å². The van der Waals surface area contributed by atoms with Crippen molar-refractivity contribution >= 4 is 11.6 Å². The highest BCUT2D eigenvalue weighted by molar-refractivity contribution is 5.95. The lowest BCUT2D eigenvalue weighted by Crippen LogP contribution is -2.55. The molecule has 1 atom stereocenters. The van der Waals surface area contributed by atoms with Crippen LogP contribution in [0.15, 0.2) is 42.6 Å². The predicted molar refractivity (Wildman–Crippen MR) is 99.3 cm³/mol. The van der Waals surface area contributed by atoms with E-state index in [0.29, 0.717) is 18.0 Å². The number of carbonyl (C=O) groups excluding carboxylic acids is 1. The minimum atomic E-state index is -0.0450. The maximum absolute atomic E-state index is 13.1. The topological polar surface area (TPSA) is 45.7 Å². The molecule has 0 spiro atoms. The first-order chi connectivity index (χ1) is 12.1. The Bertz CT molecular complexity index is 733. The van der Waals surface area contributed by atoms with Gasteiger partial charge in [-0.25, -0.2) is 4.98 Å². The molecule has 0 aliphatic carbocycles. The molecule has 0 bridgehead atoms. The Kier molecular flexibility index (Phi) is 5.22. The number of benzene rings is 1. The van der Waals surface area contributed by atoms with Crippen LogP contribution in [0.2, 0.25) is 0 Å². The van der Waals surface area contributed by atoms with Gasteiger partial charge in [0.05, 0.1) is 7.11 Å². The van der Waals surface area contributed by atoms with Gasteiger partial charge in [0, 0.05) is 37.6 Å². The lowest BCUT2D eigenvalue weighted by molar-refractivity contribution is 0.0642. The molecule has 1 aliphatic heterocycles. The van der Waals surface area contributed by atoms with Gasteiger partial charge in [0.15, 0.2) is 5.69 Å². The minimum Gasteiger partial charge on any atom is -0.494 e. The van der Waals surface area contributed by atoms with Crippen LogP contribution < -0.4 is 9.64 Å². The van der Waals surface area contributed by atoms with Crippen molar-refractivity contribution < 1.29 is 9.53 Å². The zero-order chi connectivity index (χ0) is 17.8. The number of amides is 1. The van der Waals surface area contributed by atoms with Crippen LogP contribution in [0.25, 0.3) is 0 Å². The van der Waals surface area contributed by atoms with E-state index in [0.717, 1.165) is 25.1 Å². The van der Waals surface area contributed by atoms with E-state index in [2.05, 4.69) is 41.1 Å². The lowest BCUT2D eigenvalue weighted by Gasteiger charge is -2.42. The number of aryl methyl sites for hydroxylation is 1. The molecule has 5 heteroatoms. The number of pyridine rings is 1. The predicted octanol–water partition coefficient (Wildman–Crippen LogP) is 3.14. The summed E-state index contributed by atoms with van der Waals surface area (Å²) in [5.41, 5.74) is 2.59. The van der Waals surface area contributed by atoms with Gasteiger partial charge in [0.2, 0.25) is 0 Å². The zero-order valence-corrected chi connectivity index (χ0v) is 15.1. The van der Waals surface area contributed by atoms with Crippen LogP contribution in [0.5, 0.6) is 5.75 Å². The molecule has 1 unspecified atom stereocenters. The van der Waals surface area contributed by atoms with Crippen LogP contribution in [-0.4, -0.2) is 48.6 Å². The van der Waals surface area contributed by atoms with Crippen LogP contribution in [0.3, 0.4) is 0 Å². The van der Waals surface area contributed by atoms with Crippen LogP contribution >= 0.6 is 0 Å². The highest BCUT2D eigenvalue weighted by Gasteiger charge is 2.32. The van der Waals surface area contributed by atoms with Gasteiger partial charge in [-0.05, 0) is 37.1 Å². The molecule has 1 aliphatic rings. The summed E-state index contributed by atoms with van der Waals surface area (Å²) in [5.74, 6) is 0.502. The van der Waals surface area contributed by atoms with E-state index in [1.165, 1.54) is 5.69 Å². The maximum Gasteiger partial charge on any atom is 0.276 e. The Labute approximate surface area is 149 Å². The number of carbonyl (C=O) groups is 1. The average Bonchev–Trinajstić information content (AvgIpc) is 2.67. The van der Waals surface area contributed by atoms with Gasteiger partial charge in [-0.3, -0.25) is 4.79 Å². The Morgan fingerprint density at radius 1 is 1.28 bits per heavy atom. The Morgan fingerprint density at radius 2 is 2.04 bits per heavy atom. The number of hydrogen-bond donors (Lipinski definition) is 0. The molecule has 5 nitrogen and oxygen atoms in total. The molecular weight excluding hydrogens is 314 g/mol. The largest absolute Gasteiger partial charge is 0.494 e. The summed E-state index contributed by atoms with van der Waals surface area (Å²) in [6.45, 7) is 6.41. The normalized spacial score (nSPS) is 17.5. The van der Waals surface area contributed by atoms with Crippen molar-refractivity contribution in [1.29, 1.82) is 0 Å². The number of ether oxygens (including phenoxy) is 1. The number of methoxy groups -OCH3 is 1. The molecule has 0 N–H and O–H groups in total. The molecule has 25 heavy (non-hydrogen) atoms. The monoisotopic (exact) mass is 339 g/mol. The molecular formula is C20H25N3O2. The smallest absolute Gasteiger partial charge is 0.276 e. The van der Waals surface area contributed by atoms with E-state index in [9.17, 15) is 4.79 Å². The van der Waals surface area contributed by atoms with Gasteiger partial charge in [-0.15, -0.1) is 0 Å². The molecule has 1 amide bonds. The van der Waals surface area contributed by atoms with E-state index in [1.807, 2.05) is 24.0 Å². The van der Waals surface area contributed by atoms with Crippen LogP contribution in [0.1, 0.15) is 29.4 Å². The number of hydrogen-bond acceptors (Lipinski definition) is 4. The molecule has 2 aromatic rings. The van der Waals surface area contributed by atoms with Crippen molar-refractivity contribution in [2.45, 2.75) is 26.3 Å². The first-order valence-electron chi connectivity index (χ1n) is 8.75. The second kappa shape index (κ2) is 7.55. The summed E-state index contributed by atoms with van der Waals surface area (Å²) in [6, 6.07) is 12.4. The molecule has 1 fully saturated rings. The fourth-order valence-electron chi connectivity index (χ4n) is 3.34. The van der Waals surface area contributed by atoms with E-state index in [1.54, 1.807) is 13.3 Å². The summed E-state index contributed by atoms with van der Waals surface area (Å²) in [4.78, 5) is 21.7. The fraction of sp³-hybridized carbons (Fsp3) is 0.400. The number of rotatable bonds is 4. The van der Waals surface area contributed by atoms with Gasteiger partial charge in [-0.2, -0.15) is 0 Å². The number of piperazine rings is 1. The Morgan fingerprint density at radius 3 is 2.72 bits per heavy atom. The molecule has 1 saturated heterocycles. The summed E-state index contributed by atoms with van der Waals surface area (Å²) < 4.78 is 5.38. The highest BCUT2D eigenvalue weighted by atomic mass is 16.5. The van der Waals surface area contributed by atoms with Gasteiger partial charge in [0.1, 0.15) is 5.75 Å². The molecule has 3 rings (SSSR count). The van der Waals surface area contributed by atoms with Gasteiger partial charge in [0.25, 0.3) is 5.91 Å². The summed E-state index contributed by atoms with van der Waals surface area (Å²) in [5, 5.41) is 0. The Hall–Kier alpha value is -2.56.